The summed E-state index contributed by atoms with van der Waals surface area (Å²) in [5.74, 6) is 0.273. The highest BCUT2D eigenvalue weighted by molar-refractivity contribution is 5.80. The van der Waals surface area contributed by atoms with Crippen LogP contribution in [0.4, 0.5) is 5.69 Å². The number of carbonyl (C=O) groups is 1. The van der Waals surface area contributed by atoms with Crippen LogP contribution in [0, 0.1) is 16.0 Å². The molecule has 20 heavy (non-hydrogen) atoms. The van der Waals surface area contributed by atoms with Gasteiger partial charge >= 0.3 is 0 Å². The second-order valence-corrected chi connectivity index (χ2v) is 5.46. The molecule has 2 atom stereocenters. The maximum Gasteiger partial charge on any atom is 0.273 e. The molecule has 108 valence electrons. The van der Waals surface area contributed by atoms with Crippen molar-refractivity contribution in [2.45, 2.75) is 25.8 Å². The number of benzene rings is 1. The molecule has 2 N–H and O–H groups in total. The molecule has 0 saturated carbocycles. The van der Waals surface area contributed by atoms with E-state index in [1.807, 2.05) is 0 Å². The number of nitrogens with zero attached hydrogens (tertiary/aromatic N) is 2. The molecule has 1 aromatic carbocycles. The average molecular weight is 277 g/mol. The second kappa shape index (κ2) is 6.00. The molecule has 0 aliphatic carbocycles. The Kier molecular flexibility index (Phi) is 4.34. The summed E-state index contributed by atoms with van der Waals surface area (Å²) in [7, 11) is 0. The minimum absolute atomic E-state index is 0.00444. The molecular formula is C14H19N3O3. The Bertz CT molecular complexity index is 508. The van der Waals surface area contributed by atoms with Gasteiger partial charge in [-0.15, -0.1) is 0 Å². The van der Waals surface area contributed by atoms with Crippen molar-refractivity contribution in [3.05, 3.63) is 39.9 Å². The number of nitro groups is 1. The fraction of sp³-hybridized carbons (Fsp3) is 0.500. The predicted octanol–water partition coefficient (Wildman–Crippen LogP) is 1.33. The van der Waals surface area contributed by atoms with Crippen LogP contribution in [-0.2, 0) is 11.2 Å². The highest BCUT2D eigenvalue weighted by Gasteiger charge is 2.27. The number of nitrogens with two attached hydrogens (primary N) is 1. The van der Waals surface area contributed by atoms with Crippen LogP contribution in [0.2, 0.25) is 0 Å². The van der Waals surface area contributed by atoms with Crippen LogP contribution in [0.3, 0.4) is 0 Å². The average Bonchev–Trinajstić information content (AvgIpc) is 2.37. The van der Waals surface area contributed by atoms with Crippen LogP contribution in [-0.4, -0.2) is 34.9 Å². The molecule has 1 aliphatic rings. The maximum atomic E-state index is 12.3. The molecule has 2 unspecified atom stereocenters. The largest absolute Gasteiger partial charge is 0.341 e. The van der Waals surface area contributed by atoms with E-state index < -0.39 is 4.92 Å². The van der Waals surface area contributed by atoms with E-state index in [1.165, 1.54) is 6.07 Å². The summed E-state index contributed by atoms with van der Waals surface area (Å²) < 4.78 is 0. The topological polar surface area (TPSA) is 89.5 Å². The van der Waals surface area contributed by atoms with E-state index in [0.717, 1.165) is 6.42 Å². The van der Waals surface area contributed by atoms with E-state index in [1.54, 1.807) is 23.1 Å². The second-order valence-electron chi connectivity index (χ2n) is 5.46. The molecule has 6 heteroatoms. The van der Waals surface area contributed by atoms with Gasteiger partial charge in [-0.05, 0) is 12.3 Å². The predicted molar refractivity (Wildman–Crippen MR) is 75.1 cm³/mol. The van der Waals surface area contributed by atoms with Gasteiger partial charge in [0.15, 0.2) is 0 Å². The Morgan fingerprint density at radius 1 is 1.45 bits per heavy atom. The Hall–Kier alpha value is -1.95. The van der Waals surface area contributed by atoms with Gasteiger partial charge in [-0.1, -0.05) is 25.1 Å². The lowest BCUT2D eigenvalue weighted by atomic mass is 9.96. The zero-order valence-corrected chi connectivity index (χ0v) is 11.5. The van der Waals surface area contributed by atoms with Gasteiger partial charge in [0.2, 0.25) is 5.91 Å². The number of hydrogen-bond donors (Lipinski definition) is 1. The van der Waals surface area contributed by atoms with Crippen LogP contribution in [0.25, 0.3) is 0 Å². The Morgan fingerprint density at radius 3 is 2.80 bits per heavy atom. The quantitative estimate of drug-likeness (QED) is 0.666. The first kappa shape index (κ1) is 14.5. The van der Waals surface area contributed by atoms with Crippen molar-refractivity contribution in [3.8, 4) is 0 Å². The highest BCUT2D eigenvalue weighted by atomic mass is 16.6. The number of para-hydroxylation sites is 1. The van der Waals surface area contributed by atoms with Crippen molar-refractivity contribution in [1.82, 2.24) is 4.90 Å². The third-order valence-electron chi connectivity index (χ3n) is 3.57. The molecule has 1 saturated heterocycles. The van der Waals surface area contributed by atoms with Crippen LogP contribution in [0.15, 0.2) is 24.3 Å². The minimum Gasteiger partial charge on any atom is -0.341 e. The minimum atomic E-state index is -0.451. The molecule has 0 aromatic heterocycles. The van der Waals surface area contributed by atoms with Gasteiger partial charge in [0.25, 0.3) is 5.69 Å². The molecule has 2 rings (SSSR count). The fourth-order valence-corrected chi connectivity index (χ4v) is 2.72. The third-order valence-corrected chi connectivity index (χ3v) is 3.57. The van der Waals surface area contributed by atoms with Crippen molar-refractivity contribution in [2.24, 2.45) is 11.7 Å². The lowest BCUT2D eigenvalue weighted by Gasteiger charge is -2.34. The molecule has 6 nitrogen and oxygen atoms in total. The summed E-state index contributed by atoms with van der Waals surface area (Å²) in [4.78, 5) is 24.5. The molecule has 1 heterocycles. The zero-order chi connectivity index (χ0) is 14.7. The first-order valence-electron chi connectivity index (χ1n) is 6.73. The van der Waals surface area contributed by atoms with E-state index in [4.69, 9.17) is 5.73 Å². The van der Waals surface area contributed by atoms with Crippen LogP contribution < -0.4 is 5.73 Å². The number of rotatable bonds is 3. The number of nitro benzene ring substituents is 1. The molecule has 0 radical (unpaired) electrons. The molecule has 0 spiro atoms. The number of likely N-dealkylation sites (tertiary alicyclic amines) is 1. The van der Waals surface area contributed by atoms with Crippen molar-refractivity contribution >= 4 is 11.6 Å². The lowest BCUT2D eigenvalue weighted by Crippen LogP contribution is -2.49. The van der Waals surface area contributed by atoms with Gasteiger partial charge in [0.05, 0.1) is 11.3 Å². The van der Waals surface area contributed by atoms with E-state index in [0.29, 0.717) is 24.6 Å². The molecule has 1 fully saturated rings. The van der Waals surface area contributed by atoms with Crippen molar-refractivity contribution < 1.29 is 9.72 Å². The lowest BCUT2D eigenvalue weighted by molar-refractivity contribution is -0.385. The summed E-state index contributed by atoms with van der Waals surface area (Å²) in [6.07, 6.45) is 0.964. The molecule has 0 bridgehead atoms. The maximum absolute atomic E-state index is 12.3. The van der Waals surface area contributed by atoms with Gasteiger partial charge < -0.3 is 10.6 Å². The smallest absolute Gasteiger partial charge is 0.273 e. The van der Waals surface area contributed by atoms with E-state index in [2.05, 4.69) is 6.92 Å². The van der Waals surface area contributed by atoms with E-state index in [-0.39, 0.29) is 24.1 Å². The SMILES string of the molecule is CC1CC(N)CN(C(=O)Cc2ccccc2[N+](=O)[O-])C1. The standard InChI is InChI=1S/C14H19N3O3/c1-10-6-12(15)9-16(8-10)14(18)7-11-4-2-3-5-13(11)17(19)20/h2-5,10,12H,6-9,15H2,1H3. The van der Waals surface area contributed by atoms with E-state index in [9.17, 15) is 14.9 Å². The number of amides is 1. The molecular weight excluding hydrogens is 258 g/mol. The van der Waals surface area contributed by atoms with Crippen molar-refractivity contribution in [1.29, 1.82) is 0 Å². The summed E-state index contributed by atoms with van der Waals surface area (Å²) in [5.41, 5.74) is 6.37. The molecule has 1 aliphatic heterocycles. The Balaban J connectivity index is 2.10. The van der Waals surface area contributed by atoms with Crippen molar-refractivity contribution in [2.75, 3.05) is 13.1 Å². The van der Waals surface area contributed by atoms with Gasteiger partial charge in [-0.25, -0.2) is 0 Å². The number of carbonyl (C=O) groups excluding carboxylic acids is 1. The van der Waals surface area contributed by atoms with Gasteiger partial charge in [-0.3, -0.25) is 14.9 Å². The van der Waals surface area contributed by atoms with Gasteiger partial charge in [-0.2, -0.15) is 0 Å². The third kappa shape index (κ3) is 3.33. The van der Waals surface area contributed by atoms with Crippen molar-refractivity contribution in [3.63, 3.8) is 0 Å². The number of hydrogen-bond acceptors (Lipinski definition) is 4. The van der Waals surface area contributed by atoms with Crippen LogP contribution in [0.5, 0.6) is 0 Å². The van der Waals surface area contributed by atoms with Gasteiger partial charge in [0, 0.05) is 30.8 Å². The summed E-state index contributed by atoms with van der Waals surface area (Å²) in [5, 5.41) is 10.9. The monoisotopic (exact) mass is 277 g/mol. The highest BCUT2D eigenvalue weighted by Crippen LogP contribution is 2.21. The molecule has 1 amide bonds. The fourth-order valence-electron chi connectivity index (χ4n) is 2.72. The van der Waals surface area contributed by atoms with Crippen LogP contribution in [0.1, 0.15) is 18.9 Å². The molecule has 1 aromatic rings. The first-order valence-corrected chi connectivity index (χ1v) is 6.73. The Labute approximate surface area is 117 Å². The summed E-state index contributed by atoms with van der Waals surface area (Å²) >= 11 is 0. The van der Waals surface area contributed by atoms with Gasteiger partial charge in [0.1, 0.15) is 0 Å². The normalized spacial score (nSPS) is 22.6. The number of piperidine rings is 1. The first-order chi connectivity index (χ1) is 9.47. The summed E-state index contributed by atoms with van der Waals surface area (Å²) in [6, 6.07) is 6.36. The van der Waals surface area contributed by atoms with Crippen LogP contribution >= 0.6 is 0 Å². The zero-order valence-electron chi connectivity index (χ0n) is 11.5. The van der Waals surface area contributed by atoms with E-state index >= 15 is 0 Å². The Morgan fingerprint density at radius 2 is 2.15 bits per heavy atom. The summed E-state index contributed by atoms with van der Waals surface area (Å²) in [6.45, 7) is 3.27.